The number of ether oxygens (including phenoxy) is 1. The lowest BCUT2D eigenvalue weighted by molar-refractivity contribution is -0.120. The number of aryl methyl sites for hydroxylation is 2. The number of thioether (sulfide) groups is 1. The summed E-state index contributed by atoms with van der Waals surface area (Å²) in [6.07, 6.45) is 0.296. The maximum Gasteiger partial charge on any atom is 0.226 e. The van der Waals surface area contributed by atoms with Crippen LogP contribution < -0.4 is 10.1 Å². The van der Waals surface area contributed by atoms with Crippen LogP contribution in [0.25, 0.3) is 0 Å². The summed E-state index contributed by atoms with van der Waals surface area (Å²) in [4.78, 5) is 16.8. The van der Waals surface area contributed by atoms with Crippen LogP contribution in [0.4, 0.5) is 0 Å². The first-order chi connectivity index (χ1) is 13.5. The van der Waals surface area contributed by atoms with Gasteiger partial charge < -0.3 is 10.1 Å². The van der Waals surface area contributed by atoms with Gasteiger partial charge in [-0.2, -0.15) is 0 Å². The summed E-state index contributed by atoms with van der Waals surface area (Å²) in [5.41, 5.74) is 5.73. The molecular weight excluding hydrogens is 388 g/mol. The van der Waals surface area contributed by atoms with Gasteiger partial charge >= 0.3 is 0 Å². The van der Waals surface area contributed by atoms with Gasteiger partial charge in [-0.05, 0) is 42.7 Å². The summed E-state index contributed by atoms with van der Waals surface area (Å²) in [7, 11) is 1.63. The molecule has 2 aromatic carbocycles. The molecule has 28 heavy (non-hydrogen) atoms. The highest BCUT2D eigenvalue weighted by molar-refractivity contribution is 8.00. The van der Waals surface area contributed by atoms with E-state index in [0.717, 1.165) is 27.1 Å². The second-order valence-corrected chi connectivity index (χ2v) is 8.71. The van der Waals surface area contributed by atoms with Gasteiger partial charge in [-0.25, -0.2) is 4.98 Å². The van der Waals surface area contributed by atoms with Crippen molar-refractivity contribution in [2.75, 3.05) is 7.11 Å². The molecule has 3 rings (SSSR count). The van der Waals surface area contributed by atoms with Crippen LogP contribution in [-0.4, -0.2) is 18.0 Å². The van der Waals surface area contributed by atoms with E-state index in [1.165, 1.54) is 16.7 Å². The molecule has 1 N–H and O–H groups in total. The van der Waals surface area contributed by atoms with Gasteiger partial charge in [-0.1, -0.05) is 47.7 Å². The summed E-state index contributed by atoms with van der Waals surface area (Å²) < 4.78 is 6.20. The molecule has 4 nitrogen and oxygen atoms in total. The van der Waals surface area contributed by atoms with Crippen molar-refractivity contribution in [2.24, 2.45) is 0 Å². The summed E-state index contributed by atoms with van der Waals surface area (Å²) in [6.45, 7) is 4.73. The number of methoxy groups -OCH3 is 1. The SMILES string of the molecule is COc1cccc(CNC(=O)Cc2csc(SCc3cc(C)ccc3C)n2)c1. The summed E-state index contributed by atoms with van der Waals surface area (Å²) in [5.74, 6) is 1.65. The summed E-state index contributed by atoms with van der Waals surface area (Å²) in [6, 6.07) is 14.2. The minimum atomic E-state index is -0.0285. The topological polar surface area (TPSA) is 51.2 Å². The monoisotopic (exact) mass is 412 g/mol. The molecule has 0 fully saturated rings. The molecule has 3 aromatic rings. The number of amides is 1. The zero-order valence-electron chi connectivity index (χ0n) is 16.3. The molecule has 1 aromatic heterocycles. The van der Waals surface area contributed by atoms with Crippen LogP contribution in [-0.2, 0) is 23.5 Å². The molecule has 0 atom stereocenters. The third kappa shape index (κ3) is 5.84. The first-order valence-corrected chi connectivity index (χ1v) is 10.9. The van der Waals surface area contributed by atoms with Crippen LogP contribution in [0.15, 0.2) is 52.2 Å². The van der Waals surface area contributed by atoms with Crippen molar-refractivity contribution in [1.29, 1.82) is 0 Å². The van der Waals surface area contributed by atoms with E-state index in [9.17, 15) is 4.79 Å². The lowest BCUT2D eigenvalue weighted by atomic mass is 10.1. The maximum atomic E-state index is 12.2. The largest absolute Gasteiger partial charge is 0.497 e. The number of carbonyl (C=O) groups excluding carboxylic acids is 1. The molecule has 0 unspecified atom stereocenters. The minimum Gasteiger partial charge on any atom is -0.497 e. The van der Waals surface area contributed by atoms with E-state index >= 15 is 0 Å². The Morgan fingerprint density at radius 2 is 2.07 bits per heavy atom. The number of hydrogen-bond acceptors (Lipinski definition) is 5. The van der Waals surface area contributed by atoms with Crippen molar-refractivity contribution in [1.82, 2.24) is 10.3 Å². The predicted molar refractivity (Wildman–Crippen MR) is 116 cm³/mol. The van der Waals surface area contributed by atoms with Crippen molar-refractivity contribution >= 4 is 29.0 Å². The molecule has 0 radical (unpaired) electrons. The van der Waals surface area contributed by atoms with Crippen molar-refractivity contribution < 1.29 is 9.53 Å². The molecule has 6 heteroatoms. The van der Waals surface area contributed by atoms with E-state index in [-0.39, 0.29) is 5.91 Å². The first kappa shape index (κ1) is 20.4. The van der Waals surface area contributed by atoms with E-state index in [2.05, 4.69) is 42.3 Å². The Bertz CT molecular complexity index is 953. The third-order valence-corrected chi connectivity index (χ3v) is 6.47. The number of nitrogens with zero attached hydrogens (tertiary/aromatic N) is 1. The molecule has 146 valence electrons. The Hall–Kier alpha value is -2.31. The quantitative estimate of drug-likeness (QED) is 0.534. The van der Waals surface area contributed by atoms with E-state index < -0.39 is 0 Å². The molecule has 1 heterocycles. The predicted octanol–water partition coefficient (Wildman–Crippen LogP) is 4.92. The number of nitrogens with one attached hydrogen (secondary N) is 1. The van der Waals surface area contributed by atoms with Gasteiger partial charge in [-0.3, -0.25) is 4.79 Å². The third-order valence-electron chi connectivity index (χ3n) is 4.35. The fourth-order valence-corrected chi connectivity index (χ4v) is 4.65. The summed E-state index contributed by atoms with van der Waals surface area (Å²) in [5, 5.41) is 4.91. The van der Waals surface area contributed by atoms with Crippen LogP contribution in [0.2, 0.25) is 0 Å². The Balaban J connectivity index is 1.49. The molecule has 1 amide bonds. The average Bonchev–Trinajstić information content (AvgIpc) is 3.14. The smallest absolute Gasteiger partial charge is 0.226 e. The standard InChI is InChI=1S/C22H24N2O2S2/c1-15-7-8-16(2)18(9-15)13-27-22-24-19(14-28-22)11-21(25)23-12-17-5-4-6-20(10-17)26-3/h4-10,14H,11-13H2,1-3H3,(H,23,25). The van der Waals surface area contributed by atoms with Gasteiger partial charge in [0.2, 0.25) is 5.91 Å². The molecule has 0 saturated heterocycles. The van der Waals surface area contributed by atoms with E-state index in [4.69, 9.17) is 4.74 Å². The minimum absolute atomic E-state index is 0.0285. The maximum absolute atomic E-state index is 12.2. The van der Waals surface area contributed by atoms with Crippen molar-refractivity contribution in [2.45, 2.75) is 36.9 Å². The van der Waals surface area contributed by atoms with Crippen LogP contribution in [0, 0.1) is 13.8 Å². The number of carbonyl (C=O) groups is 1. The number of benzene rings is 2. The van der Waals surface area contributed by atoms with Crippen LogP contribution in [0.1, 0.15) is 27.9 Å². The zero-order chi connectivity index (χ0) is 19.9. The molecule has 0 spiro atoms. The molecule has 0 saturated carbocycles. The first-order valence-electron chi connectivity index (χ1n) is 9.06. The van der Waals surface area contributed by atoms with Gasteiger partial charge in [0.1, 0.15) is 10.1 Å². The van der Waals surface area contributed by atoms with Crippen LogP contribution in [0.5, 0.6) is 5.75 Å². The fraction of sp³-hybridized carbons (Fsp3) is 0.273. The van der Waals surface area contributed by atoms with E-state index in [0.29, 0.717) is 13.0 Å². The van der Waals surface area contributed by atoms with Crippen LogP contribution in [0.3, 0.4) is 0 Å². The lowest BCUT2D eigenvalue weighted by Gasteiger charge is -2.06. The zero-order valence-corrected chi connectivity index (χ0v) is 18.0. The van der Waals surface area contributed by atoms with Crippen molar-refractivity contribution in [3.63, 3.8) is 0 Å². The Kier molecular flexibility index (Phi) is 7.12. The number of hydrogen-bond donors (Lipinski definition) is 1. The average molecular weight is 413 g/mol. The molecule has 0 aliphatic rings. The number of rotatable bonds is 8. The highest BCUT2D eigenvalue weighted by atomic mass is 32.2. The van der Waals surface area contributed by atoms with E-state index in [1.54, 1.807) is 30.2 Å². The fourth-order valence-electron chi connectivity index (χ4n) is 2.74. The summed E-state index contributed by atoms with van der Waals surface area (Å²) >= 11 is 3.32. The molecule has 0 bridgehead atoms. The van der Waals surface area contributed by atoms with Crippen molar-refractivity contribution in [3.8, 4) is 5.75 Å². The van der Waals surface area contributed by atoms with Gasteiger partial charge in [0.25, 0.3) is 0 Å². The molecule has 0 aliphatic heterocycles. The lowest BCUT2D eigenvalue weighted by Crippen LogP contribution is -2.24. The molecular formula is C22H24N2O2S2. The number of aromatic nitrogens is 1. The second-order valence-electron chi connectivity index (χ2n) is 6.63. The van der Waals surface area contributed by atoms with Gasteiger partial charge in [-0.15, -0.1) is 11.3 Å². The molecule has 0 aliphatic carbocycles. The van der Waals surface area contributed by atoms with Crippen LogP contribution >= 0.6 is 23.1 Å². The number of thiazole rings is 1. The Morgan fingerprint density at radius 1 is 1.21 bits per heavy atom. The normalized spacial score (nSPS) is 10.7. The van der Waals surface area contributed by atoms with Crippen molar-refractivity contribution in [3.05, 3.63) is 75.8 Å². The second kappa shape index (κ2) is 9.75. The Morgan fingerprint density at radius 3 is 2.89 bits per heavy atom. The van der Waals surface area contributed by atoms with E-state index in [1.807, 2.05) is 29.6 Å². The van der Waals surface area contributed by atoms with Gasteiger partial charge in [0.05, 0.1) is 19.2 Å². The van der Waals surface area contributed by atoms with Gasteiger partial charge in [0.15, 0.2) is 0 Å². The highest BCUT2D eigenvalue weighted by Gasteiger charge is 2.09. The highest BCUT2D eigenvalue weighted by Crippen LogP contribution is 2.28. The Labute approximate surface area is 174 Å². The van der Waals surface area contributed by atoms with Gasteiger partial charge in [0, 0.05) is 17.7 Å².